The maximum absolute atomic E-state index is 17.0. The van der Waals surface area contributed by atoms with Crippen LogP contribution in [-0.4, -0.2) is 122 Å². The minimum Gasteiger partial charge on any atom is -0.460 e. The molecular weight excluding hydrogens is 841 g/mol. The second-order valence-corrected chi connectivity index (χ2v) is 19.5. The van der Waals surface area contributed by atoms with Gasteiger partial charge in [0.15, 0.2) is 18.1 Å². The maximum atomic E-state index is 17.0. The van der Waals surface area contributed by atoms with Gasteiger partial charge in [0.25, 0.3) is 17.5 Å². The largest absolute Gasteiger partial charge is 0.460 e. The predicted octanol–water partition coefficient (Wildman–Crippen LogP) is 8.14. The van der Waals surface area contributed by atoms with Gasteiger partial charge >= 0.3 is 5.97 Å². The molecule has 12 nitrogen and oxygen atoms in total. The number of ether oxygens (including phenoxy) is 5. The fraction of sp³-hybridized carbons (Fsp3) is 0.745. The second-order valence-electron chi connectivity index (χ2n) is 19.5. The third kappa shape index (κ3) is 14.3. The van der Waals surface area contributed by atoms with Crippen LogP contribution in [0.1, 0.15) is 126 Å². The zero-order chi connectivity index (χ0) is 48.2. The second kappa shape index (κ2) is 25.1. The van der Waals surface area contributed by atoms with E-state index in [9.17, 15) is 29.1 Å². The van der Waals surface area contributed by atoms with E-state index in [2.05, 4.69) is 0 Å². The highest BCUT2D eigenvalue weighted by molar-refractivity contribution is 6.39. The number of alkyl halides is 2. The Balaban J connectivity index is 1.70. The normalized spacial score (nSPS) is 39.1. The van der Waals surface area contributed by atoms with Gasteiger partial charge in [-0.05, 0) is 107 Å². The molecule has 4 aliphatic rings. The van der Waals surface area contributed by atoms with Crippen LogP contribution in [0.5, 0.6) is 0 Å². The van der Waals surface area contributed by atoms with E-state index in [4.69, 9.17) is 23.7 Å². The average Bonchev–Trinajstić information content (AvgIpc) is 3.28. The molecule has 3 heterocycles. The van der Waals surface area contributed by atoms with Crippen molar-refractivity contribution in [3.63, 3.8) is 0 Å². The summed E-state index contributed by atoms with van der Waals surface area (Å²) in [5, 5.41) is 10.5. The number of ketones is 3. The lowest BCUT2D eigenvalue weighted by Gasteiger charge is -2.41. The summed E-state index contributed by atoms with van der Waals surface area (Å²) in [6.45, 7) is 12.2. The molecule has 366 valence electrons. The Morgan fingerprint density at radius 1 is 0.877 bits per heavy atom. The number of hydrogen-bond acceptors (Lipinski definition) is 11. The van der Waals surface area contributed by atoms with E-state index >= 15 is 8.78 Å². The molecule has 65 heavy (non-hydrogen) atoms. The van der Waals surface area contributed by atoms with Crippen LogP contribution in [0.25, 0.3) is 0 Å². The van der Waals surface area contributed by atoms with E-state index in [1.54, 1.807) is 21.0 Å². The van der Waals surface area contributed by atoms with Gasteiger partial charge in [-0.25, -0.2) is 13.6 Å². The number of halogens is 2. The minimum absolute atomic E-state index is 0.0206. The fourth-order valence-corrected chi connectivity index (χ4v) is 10.1. The van der Waals surface area contributed by atoms with Gasteiger partial charge in [0.1, 0.15) is 17.9 Å². The standard InChI is InChI=1S/C51H77F2NO11/c1-30-16-12-11-13-17-31(2)42(61-8)28-38-21-19-36(7)51(53,65-38)48(58)49(59)54-23-15-14-18-39(54)50(60)64-43(33(4)26-37-20-22-40(55)44(27-37)62-9)29-41(56)32(3)25-34(5)45(52)47(63-10)46(57)35(6)24-30/h11-13,16-17,25,30,32-33,35-40,42-45,47,55H,14-15,18-24,26-29H2,1-10H3/b13-11?,16-12+,31-17?,34-25+/t30-,32-,33-,35-,36-,37+,38+,39+,40-,42+,43?,44-,45?,47-,51-/m1/s1. The van der Waals surface area contributed by atoms with Gasteiger partial charge in [-0.3, -0.25) is 19.2 Å². The molecule has 2 unspecified atom stereocenters. The van der Waals surface area contributed by atoms with Crippen molar-refractivity contribution in [2.45, 2.75) is 180 Å². The Morgan fingerprint density at radius 3 is 2.28 bits per heavy atom. The minimum atomic E-state index is -2.94. The number of carbonyl (C=O) groups is 5. The van der Waals surface area contributed by atoms with E-state index in [1.807, 2.05) is 51.2 Å². The van der Waals surface area contributed by atoms with E-state index in [-0.39, 0.29) is 73.2 Å². The summed E-state index contributed by atoms with van der Waals surface area (Å²) in [6.07, 6.45) is 9.11. The third-order valence-electron chi connectivity index (χ3n) is 14.4. The summed E-state index contributed by atoms with van der Waals surface area (Å²) in [5.41, 5.74) is 0.981. The van der Waals surface area contributed by atoms with E-state index < -0.39 is 84.0 Å². The lowest BCUT2D eigenvalue weighted by Crippen LogP contribution is -2.59. The lowest BCUT2D eigenvalue weighted by molar-refractivity contribution is -0.231. The number of carbonyl (C=O) groups excluding carboxylic acids is 5. The Bertz CT molecular complexity index is 1760. The highest BCUT2D eigenvalue weighted by atomic mass is 19.2. The van der Waals surface area contributed by atoms with Gasteiger partial charge in [-0.2, -0.15) is 0 Å². The summed E-state index contributed by atoms with van der Waals surface area (Å²) in [6, 6.07) is -1.21. The van der Waals surface area contributed by atoms with Crippen LogP contribution in [0, 0.1) is 35.5 Å². The van der Waals surface area contributed by atoms with Gasteiger partial charge in [0.05, 0.1) is 24.4 Å². The van der Waals surface area contributed by atoms with Crippen molar-refractivity contribution in [3.05, 3.63) is 47.6 Å². The number of Topliss-reactive ketones (excluding diaryl/α,β-unsaturated/α-hetero) is 3. The SMILES string of the molecule is CO[C@H]1C[C@@H]2CC[C@@H](C)[C@@](F)(O2)C(=O)C(=O)N2CCCC[C@H]2C(=O)OC([C@H](C)C[C@@H]2CC[C@@H](O)[C@H](OC)C2)CC(=O)[C@H](C)/C=C(\C)C(F)[C@@H](OC)C(=O)[C@H](C)C[C@H](C)/C=C/C=CC=C1C. The summed E-state index contributed by atoms with van der Waals surface area (Å²) < 4.78 is 62.1. The Kier molecular flexibility index (Phi) is 20.9. The molecule has 0 aromatic rings. The molecule has 3 fully saturated rings. The van der Waals surface area contributed by atoms with Crippen molar-refractivity contribution < 1.29 is 61.5 Å². The number of nitrogens with zero attached hydrogens (tertiary/aromatic N) is 1. The first-order chi connectivity index (χ1) is 30.7. The number of aliphatic hydroxyl groups is 1. The average molecular weight is 918 g/mol. The lowest BCUT2D eigenvalue weighted by atomic mass is 9.78. The molecule has 3 aliphatic heterocycles. The van der Waals surface area contributed by atoms with Crippen LogP contribution in [0.15, 0.2) is 47.6 Å². The third-order valence-corrected chi connectivity index (χ3v) is 14.4. The molecule has 1 aliphatic carbocycles. The molecule has 2 bridgehead atoms. The molecule has 14 heteroatoms. The number of fused-ring (bicyclic) bond motifs is 3. The fourth-order valence-electron chi connectivity index (χ4n) is 10.1. The molecule has 0 aromatic carbocycles. The number of allylic oxidation sites excluding steroid dienone is 6. The number of amides is 1. The zero-order valence-corrected chi connectivity index (χ0v) is 40.5. The van der Waals surface area contributed by atoms with E-state index in [0.29, 0.717) is 51.4 Å². The highest BCUT2D eigenvalue weighted by Gasteiger charge is 2.55. The van der Waals surface area contributed by atoms with Crippen molar-refractivity contribution in [1.82, 2.24) is 4.90 Å². The molecule has 2 saturated heterocycles. The van der Waals surface area contributed by atoms with Crippen LogP contribution in [0.2, 0.25) is 0 Å². The van der Waals surface area contributed by atoms with Crippen LogP contribution < -0.4 is 0 Å². The van der Waals surface area contributed by atoms with Crippen molar-refractivity contribution in [3.8, 4) is 0 Å². The van der Waals surface area contributed by atoms with Crippen molar-refractivity contribution in [1.29, 1.82) is 0 Å². The molecule has 1 N–H and O–H groups in total. The molecule has 1 amide bonds. The summed E-state index contributed by atoms with van der Waals surface area (Å²) in [5.74, 6) is -9.64. The molecule has 15 atom stereocenters. The quantitative estimate of drug-likeness (QED) is 0.156. The first-order valence-electron chi connectivity index (χ1n) is 23.8. The predicted molar refractivity (Wildman–Crippen MR) is 243 cm³/mol. The Labute approximate surface area is 385 Å². The number of hydrogen-bond donors (Lipinski definition) is 1. The molecule has 4 rings (SSSR count). The van der Waals surface area contributed by atoms with Gasteiger partial charge in [0, 0.05) is 58.5 Å². The topological polar surface area (TPSA) is 155 Å². The van der Waals surface area contributed by atoms with Gasteiger partial charge in [0.2, 0.25) is 0 Å². The van der Waals surface area contributed by atoms with Crippen LogP contribution in [0.4, 0.5) is 8.78 Å². The number of esters is 1. The van der Waals surface area contributed by atoms with Crippen molar-refractivity contribution in [2.75, 3.05) is 27.9 Å². The van der Waals surface area contributed by atoms with E-state index in [1.165, 1.54) is 34.1 Å². The summed E-state index contributed by atoms with van der Waals surface area (Å²) in [7, 11) is 4.38. The molecular formula is C51H77F2NO11. The van der Waals surface area contributed by atoms with Crippen molar-refractivity contribution in [2.24, 2.45) is 35.5 Å². The Hall–Kier alpha value is -3.43. The van der Waals surface area contributed by atoms with Gasteiger partial charge in [-0.15, -0.1) is 0 Å². The number of rotatable bonds is 6. The zero-order valence-electron chi connectivity index (χ0n) is 40.5. The van der Waals surface area contributed by atoms with Gasteiger partial charge < -0.3 is 33.7 Å². The Morgan fingerprint density at radius 2 is 1.60 bits per heavy atom. The smallest absolute Gasteiger partial charge is 0.329 e. The number of aliphatic hydroxyl groups excluding tert-OH is 1. The molecule has 0 aromatic heterocycles. The monoisotopic (exact) mass is 918 g/mol. The number of cyclic esters (lactones) is 1. The molecule has 0 spiro atoms. The van der Waals surface area contributed by atoms with Crippen LogP contribution in [-0.2, 0) is 47.7 Å². The molecule has 0 radical (unpaired) electrons. The number of piperidine rings is 1. The first-order valence-corrected chi connectivity index (χ1v) is 23.8. The first kappa shape index (κ1) is 54.2. The summed E-state index contributed by atoms with van der Waals surface area (Å²) in [4.78, 5) is 71.3. The number of methoxy groups -OCH3 is 3. The van der Waals surface area contributed by atoms with Crippen LogP contribution in [0.3, 0.4) is 0 Å². The highest BCUT2D eigenvalue weighted by Crippen LogP contribution is 2.40. The van der Waals surface area contributed by atoms with E-state index in [0.717, 1.165) is 10.5 Å². The van der Waals surface area contributed by atoms with Crippen molar-refractivity contribution >= 4 is 29.2 Å². The summed E-state index contributed by atoms with van der Waals surface area (Å²) >= 11 is 0. The molecule has 1 saturated carbocycles. The van der Waals surface area contributed by atoms with Gasteiger partial charge in [-0.1, -0.05) is 71.1 Å². The van der Waals surface area contributed by atoms with Crippen LogP contribution >= 0.6 is 0 Å². The maximum Gasteiger partial charge on any atom is 0.329 e.